The zero-order chi connectivity index (χ0) is 15.5. The normalized spacial score (nSPS) is 10.6. The maximum absolute atomic E-state index is 11.7. The molecule has 0 spiro atoms. The Morgan fingerprint density at radius 3 is 2.59 bits per heavy atom. The van der Waals surface area contributed by atoms with E-state index in [0.717, 1.165) is 22.9 Å². The number of carbonyl (C=O) groups excluding carboxylic acids is 2. The molecule has 3 rings (SSSR count). The highest BCUT2D eigenvalue weighted by molar-refractivity contribution is 5.90. The van der Waals surface area contributed by atoms with Crippen LogP contribution in [0.4, 0.5) is 0 Å². The van der Waals surface area contributed by atoms with Crippen molar-refractivity contribution in [3.05, 3.63) is 65.9 Å². The summed E-state index contributed by atoms with van der Waals surface area (Å²) in [7, 11) is 0. The van der Waals surface area contributed by atoms with Gasteiger partial charge in [-0.25, -0.2) is 4.79 Å². The van der Waals surface area contributed by atoms with Crippen molar-refractivity contribution in [1.29, 1.82) is 0 Å². The summed E-state index contributed by atoms with van der Waals surface area (Å²) in [5.74, 6) is -0.324. The van der Waals surface area contributed by atoms with Gasteiger partial charge in [-0.2, -0.15) is 0 Å². The Kier molecular flexibility index (Phi) is 3.74. The van der Waals surface area contributed by atoms with Crippen LogP contribution in [0, 0.1) is 0 Å². The van der Waals surface area contributed by atoms with E-state index in [-0.39, 0.29) is 5.97 Å². The summed E-state index contributed by atoms with van der Waals surface area (Å²) in [5, 5.41) is 1.06. The van der Waals surface area contributed by atoms with Gasteiger partial charge in [0.05, 0.1) is 17.7 Å². The first kappa shape index (κ1) is 14.1. The molecule has 0 unspecified atom stereocenters. The lowest BCUT2D eigenvalue weighted by molar-refractivity contribution is 0.0526. The monoisotopic (exact) mass is 293 g/mol. The molecule has 110 valence electrons. The molecular formula is C18H15NO3. The van der Waals surface area contributed by atoms with Crippen LogP contribution in [0.5, 0.6) is 0 Å². The molecule has 0 aliphatic carbocycles. The molecule has 0 aliphatic heterocycles. The van der Waals surface area contributed by atoms with Crippen molar-refractivity contribution in [2.75, 3.05) is 6.61 Å². The van der Waals surface area contributed by atoms with E-state index in [0.29, 0.717) is 17.7 Å². The van der Waals surface area contributed by atoms with Crippen LogP contribution in [0.3, 0.4) is 0 Å². The first-order valence-corrected chi connectivity index (χ1v) is 7.07. The number of aldehydes is 1. The van der Waals surface area contributed by atoms with Crippen LogP contribution in [0.15, 0.2) is 54.7 Å². The number of aromatic nitrogens is 1. The SMILES string of the molecule is CCOC(=O)c1ccc(-n2ccc3ccc(C=O)cc32)cc1. The lowest BCUT2D eigenvalue weighted by Crippen LogP contribution is -2.04. The Labute approximate surface area is 127 Å². The van der Waals surface area contributed by atoms with Crippen LogP contribution in [0.2, 0.25) is 0 Å². The highest BCUT2D eigenvalue weighted by atomic mass is 16.5. The highest BCUT2D eigenvalue weighted by Crippen LogP contribution is 2.22. The van der Waals surface area contributed by atoms with Crippen molar-refractivity contribution in [3.63, 3.8) is 0 Å². The maximum atomic E-state index is 11.7. The first-order chi connectivity index (χ1) is 10.7. The molecule has 0 fully saturated rings. The van der Waals surface area contributed by atoms with Gasteiger partial charge in [-0.1, -0.05) is 12.1 Å². The average molecular weight is 293 g/mol. The molecule has 4 nitrogen and oxygen atoms in total. The molecule has 0 N–H and O–H groups in total. The van der Waals surface area contributed by atoms with Crippen LogP contribution in [-0.4, -0.2) is 23.4 Å². The molecule has 22 heavy (non-hydrogen) atoms. The quantitative estimate of drug-likeness (QED) is 0.545. The van der Waals surface area contributed by atoms with Crippen LogP contribution >= 0.6 is 0 Å². The smallest absolute Gasteiger partial charge is 0.338 e. The number of ether oxygens (including phenoxy) is 1. The predicted molar refractivity (Wildman–Crippen MR) is 84.6 cm³/mol. The molecule has 0 bridgehead atoms. The van der Waals surface area contributed by atoms with Crippen LogP contribution in [-0.2, 0) is 4.74 Å². The molecule has 0 amide bonds. The van der Waals surface area contributed by atoms with Crippen LogP contribution in [0.25, 0.3) is 16.6 Å². The molecule has 1 aromatic heterocycles. The van der Waals surface area contributed by atoms with Gasteiger partial charge in [0, 0.05) is 17.4 Å². The van der Waals surface area contributed by atoms with E-state index in [9.17, 15) is 9.59 Å². The van der Waals surface area contributed by atoms with Gasteiger partial charge in [0.25, 0.3) is 0 Å². The summed E-state index contributed by atoms with van der Waals surface area (Å²) in [6.45, 7) is 2.14. The minimum Gasteiger partial charge on any atom is -0.462 e. The van der Waals surface area contributed by atoms with E-state index < -0.39 is 0 Å². The van der Waals surface area contributed by atoms with Gasteiger partial charge in [-0.3, -0.25) is 4.79 Å². The molecule has 0 radical (unpaired) electrons. The Balaban J connectivity index is 2.00. The second-order valence-electron chi connectivity index (χ2n) is 4.89. The van der Waals surface area contributed by atoms with Gasteiger partial charge >= 0.3 is 5.97 Å². The van der Waals surface area contributed by atoms with Crippen LogP contribution < -0.4 is 0 Å². The number of carbonyl (C=O) groups is 2. The zero-order valence-electron chi connectivity index (χ0n) is 12.2. The number of hydrogen-bond acceptors (Lipinski definition) is 3. The molecule has 0 saturated heterocycles. The standard InChI is InChI=1S/C18H15NO3/c1-2-22-18(21)15-5-7-16(8-6-15)19-10-9-14-4-3-13(12-20)11-17(14)19/h3-12H,2H2,1H3. The van der Waals surface area contributed by atoms with Gasteiger partial charge in [-0.05, 0) is 48.7 Å². The van der Waals surface area contributed by atoms with E-state index in [1.54, 1.807) is 25.1 Å². The van der Waals surface area contributed by atoms with Crippen molar-refractivity contribution < 1.29 is 14.3 Å². The fourth-order valence-corrected chi connectivity index (χ4v) is 2.42. The molecule has 4 heteroatoms. The van der Waals surface area contributed by atoms with Gasteiger partial charge in [0.2, 0.25) is 0 Å². The number of esters is 1. The lowest BCUT2D eigenvalue weighted by atomic mass is 10.1. The topological polar surface area (TPSA) is 48.3 Å². The lowest BCUT2D eigenvalue weighted by Gasteiger charge is -2.07. The molecule has 0 aliphatic rings. The van der Waals surface area contributed by atoms with Crippen molar-refractivity contribution in [2.24, 2.45) is 0 Å². The third-order valence-corrected chi connectivity index (χ3v) is 3.51. The molecule has 0 saturated carbocycles. The third-order valence-electron chi connectivity index (χ3n) is 3.51. The number of nitrogens with zero attached hydrogens (tertiary/aromatic N) is 1. The maximum Gasteiger partial charge on any atom is 0.338 e. The number of hydrogen-bond donors (Lipinski definition) is 0. The summed E-state index contributed by atoms with van der Waals surface area (Å²) < 4.78 is 6.96. The van der Waals surface area contributed by atoms with Crippen molar-refractivity contribution >= 4 is 23.2 Å². The Hall–Kier alpha value is -2.88. The van der Waals surface area contributed by atoms with Crippen molar-refractivity contribution in [2.45, 2.75) is 6.92 Å². The van der Waals surface area contributed by atoms with Gasteiger partial charge in [-0.15, -0.1) is 0 Å². The fourth-order valence-electron chi connectivity index (χ4n) is 2.42. The van der Waals surface area contributed by atoms with E-state index in [2.05, 4.69) is 0 Å². The Bertz CT molecular complexity index is 831. The highest BCUT2D eigenvalue weighted by Gasteiger charge is 2.08. The van der Waals surface area contributed by atoms with Crippen molar-refractivity contribution in [3.8, 4) is 5.69 Å². The largest absolute Gasteiger partial charge is 0.462 e. The molecule has 2 aromatic carbocycles. The summed E-state index contributed by atoms with van der Waals surface area (Å²) in [6.07, 6.45) is 2.78. The number of benzene rings is 2. The van der Waals surface area contributed by atoms with E-state index in [1.165, 1.54) is 0 Å². The summed E-state index contributed by atoms with van der Waals surface area (Å²) in [5.41, 5.74) is 3.03. The number of rotatable bonds is 4. The predicted octanol–water partition coefficient (Wildman–Crippen LogP) is 3.62. The minimum absolute atomic E-state index is 0.324. The summed E-state index contributed by atoms with van der Waals surface area (Å²) in [6, 6.07) is 14.8. The third kappa shape index (κ3) is 2.51. The van der Waals surface area contributed by atoms with Gasteiger partial charge < -0.3 is 9.30 Å². The first-order valence-electron chi connectivity index (χ1n) is 7.07. The van der Waals surface area contributed by atoms with Crippen molar-refractivity contribution in [1.82, 2.24) is 4.57 Å². The Morgan fingerprint density at radius 1 is 1.14 bits per heavy atom. The van der Waals surface area contributed by atoms with Gasteiger partial charge in [0.1, 0.15) is 6.29 Å². The van der Waals surface area contributed by atoms with E-state index >= 15 is 0 Å². The minimum atomic E-state index is -0.324. The van der Waals surface area contributed by atoms with E-state index in [4.69, 9.17) is 4.74 Å². The number of fused-ring (bicyclic) bond motifs is 1. The zero-order valence-corrected chi connectivity index (χ0v) is 12.2. The van der Waals surface area contributed by atoms with Crippen LogP contribution in [0.1, 0.15) is 27.6 Å². The molecule has 0 atom stereocenters. The second-order valence-corrected chi connectivity index (χ2v) is 4.89. The Morgan fingerprint density at radius 2 is 1.91 bits per heavy atom. The molecule has 1 heterocycles. The molecule has 3 aromatic rings. The second kappa shape index (κ2) is 5.85. The summed E-state index contributed by atoms with van der Waals surface area (Å²) >= 11 is 0. The molecular weight excluding hydrogens is 278 g/mol. The van der Waals surface area contributed by atoms with E-state index in [1.807, 2.05) is 41.1 Å². The average Bonchev–Trinajstić information content (AvgIpc) is 2.98. The van der Waals surface area contributed by atoms with Gasteiger partial charge in [0.15, 0.2) is 0 Å². The fraction of sp³-hybridized carbons (Fsp3) is 0.111. The summed E-state index contributed by atoms with van der Waals surface area (Å²) in [4.78, 5) is 22.6.